The van der Waals surface area contributed by atoms with E-state index >= 15 is 0 Å². The third-order valence-electron chi connectivity index (χ3n) is 9.17. The molecule has 0 saturated carbocycles. The molecule has 250 valence electrons. The normalized spacial score (nSPS) is 16.8. The van der Waals surface area contributed by atoms with Gasteiger partial charge in [0.05, 0.1) is 34.1 Å². The van der Waals surface area contributed by atoms with Gasteiger partial charge in [0.1, 0.15) is 11.6 Å². The number of fused-ring (bicyclic) bond motifs is 1. The van der Waals surface area contributed by atoms with Gasteiger partial charge in [0.25, 0.3) is 0 Å². The molecule has 0 aliphatic carbocycles. The molecule has 12 nitrogen and oxygen atoms in total. The molecule has 2 saturated heterocycles. The van der Waals surface area contributed by atoms with E-state index in [1.807, 2.05) is 6.07 Å². The van der Waals surface area contributed by atoms with Gasteiger partial charge in [0, 0.05) is 92.7 Å². The van der Waals surface area contributed by atoms with Crippen LogP contribution < -0.4 is 20.3 Å². The van der Waals surface area contributed by atoms with Gasteiger partial charge in [-0.3, -0.25) is 14.9 Å². The Morgan fingerprint density at radius 3 is 2.45 bits per heavy atom. The SMILES string of the molecule is CCS(=O)(=O)Cc1c(Nc2nc(Nc3cc(C)c(N4CCC(N5CCN(C)CC5)CC4)cc3OC)ncc2Br)ccc2nccnc12. The van der Waals surface area contributed by atoms with Crippen LogP contribution in [0.15, 0.2) is 47.3 Å². The molecular weight excluding hydrogens is 682 g/mol. The van der Waals surface area contributed by atoms with Crippen molar-refractivity contribution in [2.45, 2.75) is 38.5 Å². The van der Waals surface area contributed by atoms with Gasteiger partial charge in [0.15, 0.2) is 9.84 Å². The molecule has 0 radical (unpaired) electrons. The highest BCUT2D eigenvalue weighted by atomic mass is 79.9. The van der Waals surface area contributed by atoms with Crippen LogP contribution in [0.1, 0.15) is 30.9 Å². The summed E-state index contributed by atoms with van der Waals surface area (Å²) >= 11 is 3.55. The summed E-state index contributed by atoms with van der Waals surface area (Å²) in [7, 11) is 0.517. The van der Waals surface area contributed by atoms with Crippen molar-refractivity contribution in [3.05, 3.63) is 58.5 Å². The Labute approximate surface area is 285 Å². The second kappa shape index (κ2) is 14.3. The monoisotopic (exact) mass is 723 g/mol. The van der Waals surface area contributed by atoms with E-state index in [2.05, 4.69) is 82.3 Å². The van der Waals surface area contributed by atoms with Crippen molar-refractivity contribution in [1.82, 2.24) is 29.7 Å². The fourth-order valence-electron chi connectivity index (χ4n) is 6.39. The standard InChI is InChI=1S/C33H42BrN9O3S/c1-5-47(44,45)21-24-26(6-7-27-31(24)36-11-10-35-27)38-32-25(34)20-37-33(40-32)39-28-18-22(2)29(19-30(28)46-4)43-12-8-23(9-13-43)42-16-14-41(3)15-17-42/h6-7,10-11,18-20,23H,5,8-9,12-17,21H2,1-4H3,(H2,37,38,39,40). The summed E-state index contributed by atoms with van der Waals surface area (Å²) in [6, 6.07) is 8.44. The molecule has 0 bridgehead atoms. The lowest BCUT2D eigenvalue weighted by Gasteiger charge is -2.43. The molecule has 2 aliphatic heterocycles. The maximum Gasteiger partial charge on any atom is 0.229 e. The number of likely N-dealkylation sites (N-methyl/N-ethyl adjacent to an activating group) is 1. The Kier molecular flexibility index (Phi) is 10.1. The van der Waals surface area contributed by atoms with Crippen LogP contribution in [0, 0.1) is 6.92 Å². The highest BCUT2D eigenvalue weighted by Crippen LogP contribution is 2.37. The molecule has 6 rings (SSSR count). The van der Waals surface area contributed by atoms with Crippen LogP contribution in [0.3, 0.4) is 0 Å². The van der Waals surface area contributed by atoms with Gasteiger partial charge in [-0.15, -0.1) is 0 Å². The number of ether oxygens (including phenoxy) is 1. The van der Waals surface area contributed by atoms with Gasteiger partial charge >= 0.3 is 0 Å². The summed E-state index contributed by atoms with van der Waals surface area (Å²) < 4.78 is 31.9. The summed E-state index contributed by atoms with van der Waals surface area (Å²) in [6.45, 7) is 10.4. The fourth-order valence-corrected chi connectivity index (χ4v) is 7.61. The zero-order valence-electron chi connectivity index (χ0n) is 27.3. The van der Waals surface area contributed by atoms with Crippen molar-refractivity contribution < 1.29 is 13.2 Å². The quantitative estimate of drug-likeness (QED) is 0.225. The lowest BCUT2D eigenvalue weighted by atomic mass is 10.0. The first-order chi connectivity index (χ1) is 22.6. The number of rotatable bonds is 10. The highest BCUT2D eigenvalue weighted by Gasteiger charge is 2.28. The summed E-state index contributed by atoms with van der Waals surface area (Å²) in [5.41, 5.74) is 5.34. The van der Waals surface area contributed by atoms with Crippen molar-refractivity contribution in [3.63, 3.8) is 0 Å². The maximum atomic E-state index is 12.7. The van der Waals surface area contributed by atoms with Crippen LogP contribution in [-0.4, -0.2) is 103 Å². The summed E-state index contributed by atoms with van der Waals surface area (Å²) in [6.07, 6.45) is 7.12. The van der Waals surface area contributed by atoms with Gasteiger partial charge in [-0.2, -0.15) is 4.98 Å². The van der Waals surface area contributed by atoms with Crippen LogP contribution in [0.5, 0.6) is 5.75 Å². The Balaban J connectivity index is 1.21. The van der Waals surface area contributed by atoms with Crippen LogP contribution in [-0.2, 0) is 15.6 Å². The highest BCUT2D eigenvalue weighted by molar-refractivity contribution is 9.10. The number of hydrogen-bond donors (Lipinski definition) is 2. The first kappa shape index (κ1) is 33.3. The van der Waals surface area contributed by atoms with E-state index in [0.29, 0.717) is 50.3 Å². The predicted molar refractivity (Wildman–Crippen MR) is 191 cm³/mol. The number of anilines is 5. The van der Waals surface area contributed by atoms with E-state index in [9.17, 15) is 8.42 Å². The molecule has 0 spiro atoms. The number of methoxy groups -OCH3 is 1. The number of benzene rings is 2. The second-order valence-corrected chi connectivity index (χ2v) is 15.4. The average Bonchev–Trinajstić information content (AvgIpc) is 3.08. The topological polar surface area (TPSA) is 129 Å². The molecule has 4 heterocycles. The zero-order valence-corrected chi connectivity index (χ0v) is 29.7. The lowest BCUT2D eigenvalue weighted by Crippen LogP contribution is -2.52. The average molecular weight is 725 g/mol. The van der Waals surface area contributed by atoms with Gasteiger partial charge < -0.3 is 25.2 Å². The number of hydrogen-bond acceptors (Lipinski definition) is 12. The molecule has 2 N–H and O–H groups in total. The van der Waals surface area contributed by atoms with E-state index in [4.69, 9.17) is 9.72 Å². The van der Waals surface area contributed by atoms with Crippen molar-refractivity contribution in [3.8, 4) is 5.75 Å². The molecule has 4 aromatic rings. The minimum Gasteiger partial charge on any atom is -0.494 e. The van der Waals surface area contributed by atoms with E-state index < -0.39 is 9.84 Å². The van der Waals surface area contributed by atoms with Crippen molar-refractivity contribution in [2.24, 2.45) is 0 Å². The molecule has 0 atom stereocenters. The summed E-state index contributed by atoms with van der Waals surface area (Å²) in [5.74, 6) is 1.37. The number of sulfone groups is 1. The molecule has 2 aliphatic rings. The number of aryl methyl sites for hydroxylation is 1. The Morgan fingerprint density at radius 2 is 1.72 bits per heavy atom. The molecule has 2 aromatic heterocycles. The van der Waals surface area contributed by atoms with Crippen molar-refractivity contribution >= 4 is 65.6 Å². The minimum absolute atomic E-state index is 0.0172. The smallest absolute Gasteiger partial charge is 0.229 e. The van der Waals surface area contributed by atoms with Crippen LogP contribution in [0.4, 0.5) is 28.8 Å². The first-order valence-corrected chi connectivity index (χ1v) is 18.6. The van der Waals surface area contributed by atoms with E-state index in [-0.39, 0.29) is 11.5 Å². The number of piperidine rings is 1. The maximum absolute atomic E-state index is 12.7. The summed E-state index contributed by atoms with van der Waals surface area (Å²) in [4.78, 5) is 25.6. The number of piperazine rings is 1. The number of aromatic nitrogens is 4. The first-order valence-electron chi connectivity index (χ1n) is 16.0. The van der Waals surface area contributed by atoms with Crippen LogP contribution in [0.2, 0.25) is 0 Å². The summed E-state index contributed by atoms with van der Waals surface area (Å²) in [5, 5.41) is 6.65. The van der Waals surface area contributed by atoms with E-state index in [1.54, 1.807) is 38.7 Å². The third kappa shape index (κ3) is 7.61. The van der Waals surface area contributed by atoms with Gasteiger partial charge in [-0.05, 0) is 66.5 Å². The Bertz CT molecular complexity index is 1840. The number of halogens is 1. The number of nitrogens with one attached hydrogen (secondary N) is 2. The second-order valence-electron chi connectivity index (χ2n) is 12.2. The van der Waals surface area contributed by atoms with Gasteiger partial charge in [0.2, 0.25) is 5.95 Å². The Hall–Kier alpha value is -3.59. The third-order valence-corrected chi connectivity index (χ3v) is 11.4. The van der Waals surface area contributed by atoms with E-state index in [0.717, 1.165) is 63.4 Å². The van der Waals surface area contributed by atoms with Crippen molar-refractivity contribution in [1.29, 1.82) is 0 Å². The van der Waals surface area contributed by atoms with Crippen molar-refractivity contribution in [2.75, 3.05) is 74.7 Å². The zero-order chi connectivity index (χ0) is 33.1. The molecular formula is C33H42BrN9O3S. The minimum atomic E-state index is -3.36. The van der Waals surface area contributed by atoms with Gasteiger partial charge in [-0.25, -0.2) is 13.4 Å². The van der Waals surface area contributed by atoms with Crippen LogP contribution in [0.25, 0.3) is 11.0 Å². The lowest BCUT2D eigenvalue weighted by molar-refractivity contribution is 0.0982. The predicted octanol–water partition coefficient (Wildman–Crippen LogP) is 5.14. The molecule has 2 aromatic carbocycles. The van der Waals surface area contributed by atoms with Gasteiger partial charge in [-0.1, -0.05) is 6.92 Å². The molecule has 47 heavy (non-hydrogen) atoms. The molecule has 2 fully saturated rings. The molecule has 0 unspecified atom stereocenters. The fraction of sp³-hybridized carbons (Fsp3) is 0.455. The largest absolute Gasteiger partial charge is 0.494 e. The number of nitrogens with zero attached hydrogens (tertiary/aromatic N) is 7. The molecule has 0 amide bonds. The van der Waals surface area contributed by atoms with Crippen LogP contribution >= 0.6 is 15.9 Å². The Morgan fingerprint density at radius 1 is 0.979 bits per heavy atom. The van der Waals surface area contributed by atoms with E-state index in [1.165, 1.54) is 5.69 Å². The molecule has 14 heteroatoms.